The van der Waals surface area contributed by atoms with Gasteiger partial charge >= 0.3 is 5.69 Å². The fraction of sp³-hybridized carbons (Fsp3) is 0.545. The molecule has 2 rings (SSSR count). The van der Waals surface area contributed by atoms with Crippen LogP contribution >= 0.6 is 0 Å². The molecule has 8 heteroatoms. The molecule has 0 spiro atoms. The maximum Gasteiger partial charge on any atom is 0.332 e. The van der Waals surface area contributed by atoms with Gasteiger partial charge in [-0.1, -0.05) is 0 Å². The van der Waals surface area contributed by atoms with Crippen LogP contribution in [-0.2, 0) is 14.1 Å². The van der Waals surface area contributed by atoms with Crippen LogP contribution in [0.2, 0.25) is 0 Å². The highest BCUT2D eigenvalue weighted by Crippen LogP contribution is 2.13. The number of likely N-dealkylation sites (N-methyl/N-ethyl adjacent to an activating group) is 1. The van der Waals surface area contributed by atoms with Gasteiger partial charge in [0.25, 0.3) is 5.56 Å². The molecule has 19 heavy (non-hydrogen) atoms. The zero-order valence-corrected chi connectivity index (χ0v) is 11.3. The van der Waals surface area contributed by atoms with Crippen molar-refractivity contribution in [1.82, 2.24) is 19.1 Å². The third-order valence-corrected chi connectivity index (χ3v) is 3.34. The number of anilines is 1. The van der Waals surface area contributed by atoms with E-state index in [1.165, 1.54) is 11.6 Å². The molecule has 0 aliphatic carbocycles. The number of hydrogen-bond donors (Lipinski definition) is 2. The summed E-state index contributed by atoms with van der Waals surface area (Å²) in [6, 6.07) is -0.151. The number of aromatic nitrogens is 4. The van der Waals surface area contributed by atoms with Crippen LogP contribution in [0.5, 0.6) is 0 Å². The van der Waals surface area contributed by atoms with Crippen molar-refractivity contribution >= 4 is 17.1 Å². The average Bonchev–Trinajstić information content (AvgIpc) is 2.86. The fourth-order valence-electron chi connectivity index (χ4n) is 1.81. The normalized spacial score (nSPS) is 12.9. The predicted molar refractivity (Wildman–Crippen MR) is 71.5 cm³/mol. The summed E-state index contributed by atoms with van der Waals surface area (Å²) in [5.41, 5.74) is -0.257. The Bertz CT molecular complexity index is 726. The molecule has 0 aliphatic heterocycles. The van der Waals surface area contributed by atoms with Gasteiger partial charge < -0.3 is 15.0 Å². The standard InChI is InChI=1S/C11H17N5O3/c1-6(5-17)14(2)10-12-7-8(13-10)15(3)11(19)16(4)9(7)18/h6,17H,5H2,1-4H3,(H,12,13). The maximum absolute atomic E-state index is 12.0. The summed E-state index contributed by atoms with van der Waals surface area (Å²) in [5.74, 6) is 0.440. The van der Waals surface area contributed by atoms with Crippen LogP contribution in [0.3, 0.4) is 0 Å². The number of hydrogen-bond acceptors (Lipinski definition) is 5. The first-order valence-corrected chi connectivity index (χ1v) is 5.88. The Labute approximate surface area is 108 Å². The maximum atomic E-state index is 12.0. The summed E-state index contributed by atoms with van der Waals surface area (Å²) in [7, 11) is 4.73. The molecule has 0 saturated heterocycles. The SMILES string of the molecule is CC(CO)N(C)c1nc2c([nH]1)c(=O)n(C)c(=O)n2C. The molecule has 0 bridgehead atoms. The second kappa shape index (κ2) is 4.54. The second-order valence-electron chi connectivity index (χ2n) is 4.61. The number of imidazole rings is 1. The van der Waals surface area contributed by atoms with Crippen LogP contribution in [0.1, 0.15) is 6.92 Å². The zero-order chi connectivity index (χ0) is 14.3. The summed E-state index contributed by atoms with van der Waals surface area (Å²) >= 11 is 0. The molecule has 2 heterocycles. The quantitative estimate of drug-likeness (QED) is 0.726. The van der Waals surface area contributed by atoms with Crippen LogP contribution in [0.25, 0.3) is 11.2 Å². The van der Waals surface area contributed by atoms with E-state index in [9.17, 15) is 9.59 Å². The van der Waals surface area contributed by atoms with E-state index in [2.05, 4.69) is 9.97 Å². The van der Waals surface area contributed by atoms with Gasteiger partial charge in [-0.05, 0) is 6.92 Å². The molecule has 1 unspecified atom stereocenters. The van der Waals surface area contributed by atoms with Crippen molar-refractivity contribution in [1.29, 1.82) is 0 Å². The van der Waals surface area contributed by atoms with Crippen molar-refractivity contribution in [2.24, 2.45) is 14.1 Å². The summed E-state index contributed by atoms with van der Waals surface area (Å²) < 4.78 is 2.34. The summed E-state index contributed by atoms with van der Waals surface area (Å²) in [4.78, 5) is 32.6. The molecule has 0 radical (unpaired) electrons. The van der Waals surface area contributed by atoms with Gasteiger partial charge in [-0.2, -0.15) is 4.98 Å². The molecule has 0 saturated carbocycles. The Morgan fingerprint density at radius 3 is 2.58 bits per heavy atom. The summed E-state index contributed by atoms with van der Waals surface area (Å²) in [5, 5.41) is 9.13. The van der Waals surface area contributed by atoms with E-state index in [4.69, 9.17) is 5.11 Å². The van der Waals surface area contributed by atoms with E-state index in [1.54, 1.807) is 19.0 Å². The van der Waals surface area contributed by atoms with E-state index in [0.717, 1.165) is 4.57 Å². The van der Waals surface area contributed by atoms with Gasteiger partial charge in [-0.15, -0.1) is 0 Å². The minimum Gasteiger partial charge on any atom is -0.394 e. The van der Waals surface area contributed by atoms with Crippen LogP contribution in [0.15, 0.2) is 9.59 Å². The number of aliphatic hydroxyl groups excluding tert-OH is 1. The van der Waals surface area contributed by atoms with Gasteiger partial charge in [0, 0.05) is 21.1 Å². The fourth-order valence-corrected chi connectivity index (χ4v) is 1.81. The highest BCUT2D eigenvalue weighted by atomic mass is 16.3. The highest BCUT2D eigenvalue weighted by molar-refractivity contribution is 5.72. The third-order valence-electron chi connectivity index (χ3n) is 3.34. The topological polar surface area (TPSA) is 96.2 Å². The second-order valence-corrected chi connectivity index (χ2v) is 4.61. The molecule has 0 fully saturated rings. The van der Waals surface area contributed by atoms with Crippen molar-refractivity contribution in [3.63, 3.8) is 0 Å². The molecule has 104 valence electrons. The number of nitrogens with one attached hydrogen (secondary N) is 1. The van der Waals surface area contributed by atoms with Crippen LogP contribution in [0.4, 0.5) is 5.95 Å². The van der Waals surface area contributed by atoms with Crippen molar-refractivity contribution in [3.8, 4) is 0 Å². The molecule has 8 nitrogen and oxygen atoms in total. The first-order chi connectivity index (χ1) is 8.88. The lowest BCUT2D eigenvalue weighted by molar-refractivity contribution is 0.269. The molecule has 2 aromatic heterocycles. The van der Waals surface area contributed by atoms with Gasteiger partial charge in [0.05, 0.1) is 12.6 Å². The van der Waals surface area contributed by atoms with E-state index >= 15 is 0 Å². The van der Waals surface area contributed by atoms with Crippen LogP contribution in [-0.4, -0.2) is 43.9 Å². The van der Waals surface area contributed by atoms with Gasteiger partial charge in [0.1, 0.15) is 0 Å². The highest BCUT2D eigenvalue weighted by Gasteiger charge is 2.17. The first-order valence-electron chi connectivity index (χ1n) is 5.88. The lowest BCUT2D eigenvalue weighted by Crippen LogP contribution is -2.36. The Morgan fingerprint density at radius 1 is 1.37 bits per heavy atom. The minimum absolute atomic E-state index is 0.0372. The number of fused-ring (bicyclic) bond motifs is 1. The van der Waals surface area contributed by atoms with Crippen molar-refractivity contribution in [3.05, 3.63) is 20.8 Å². The van der Waals surface area contributed by atoms with Gasteiger partial charge in [-0.3, -0.25) is 13.9 Å². The Kier molecular flexibility index (Phi) is 3.19. The van der Waals surface area contributed by atoms with Gasteiger partial charge in [-0.25, -0.2) is 4.79 Å². The molecular weight excluding hydrogens is 250 g/mol. The number of aryl methyl sites for hydroxylation is 1. The smallest absolute Gasteiger partial charge is 0.332 e. The molecule has 0 aliphatic rings. The lowest BCUT2D eigenvalue weighted by atomic mass is 10.3. The first kappa shape index (κ1) is 13.3. The van der Waals surface area contributed by atoms with E-state index < -0.39 is 11.2 Å². The minimum atomic E-state index is -0.423. The predicted octanol–water partition coefficient (Wildman–Crippen LogP) is -1.22. The lowest BCUT2D eigenvalue weighted by Gasteiger charge is -2.21. The number of nitrogens with zero attached hydrogens (tertiary/aromatic N) is 4. The van der Waals surface area contributed by atoms with Crippen molar-refractivity contribution in [2.75, 3.05) is 18.6 Å². The zero-order valence-electron chi connectivity index (χ0n) is 11.3. The monoisotopic (exact) mass is 267 g/mol. The van der Waals surface area contributed by atoms with Crippen molar-refractivity contribution in [2.45, 2.75) is 13.0 Å². The van der Waals surface area contributed by atoms with E-state index in [1.807, 2.05) is 6.92 Å². The average molecular weight is 267 g/mol. The number of aliphatic hydroxyl groups is 1. The molecular formula is C11H17N5O3. The molecule has 2 aromatic rings. The molecule has 2 N–H and O–H groups in total. The number of rotatable bonds is 3. The van der Waals surface area contributed by atoms with Gasteiger partial charge in [0.2, 0.25) is 5.95 Å². The molecule has 1 atom stereocenters. The van der Waals surface area contributed by atoms with E-state index in [0.29, 0.717) is 11.6 Å². The van der Waals surface area contributed by atoms with Crippen LogP contribution in [0, 0.1) is 0 Å². The largest absolute Gasteiger partial charge is 0.394 e. The van der Waals surface area contributed by atoms with Crippen LogP contribution < -0.4 is 16.1 Å². The van der Waals surface area contributed by atoms with Crippen molar-refractivity contribution < 1.29 is 5.11 Å². The Morgan fingerprint density at radius 2 is 2.00 bits per heavy atom. The molecule has 0 amide bonds. The number of aromatic amines is 1. The summed E-state index contributed by atoms with van der Waals surface area (Å²) in [6.45, 7) is 1.79. The van der Waals surface area contributed by atoms with Gasteiger partial charge in [0.15, 0.2) is 11.2 Å². The summed E-state index contributed by atoms with van der Waals surface area (Å²) in [6.07, 6.45) is 0. The Hall–Kier alpha value is -2.09. The number of H-pyrrole nitrogens is 1. The molecule has 0 aromatic carbocycles. The third kappa shape index (κ3) is 1.93. The van der Waals surface area contributed by atoms with E-state index in [-0.39, 0.29) is 18.2 Å². The Balaban J connectivity index is 2.71.